The fourth-order valence-electron chi connectivity index (χ4n) is 1.78. The Morgan fingerprint density at radius 3 is 2.31 bits per heavy atom. The van der Waals surface area contributed by atoms with Gasteiger partial charge in [0.15, 0.2) is 0 Å². The van der Waals surface area contributed by atoms with E-state index >= 15 is 0 Å². The molecule has 84 valence electrons. The van der Waals surface area contributed by atoms with Crippen LogP contribution in [0.2, 0.25) is 0 Å². The molecule has 0 saturated carbocycles. The van der Waals surface area contributed by atoms with Crippen molar-refractivity contribution in [2.75, 3.05) is 11.2 Å². The summed E-state index contributed by atoms with van der Waals surface area (Å²) in [6, 6.07) is 12.1. The summed E-state index contributed by atoms with van der Waals surface area (Å²) in [6.45, 7) is 4.89. The van der Waals surface area contributed by atoms with Crippen LogP contribution in [0.4, 0.5) is 5.69 Å². The second-order valence-corrected chi connectivity index (χ2v) is 3.99. The number of aryl methyl sites for hydroxylation is 2. The van der Waals surface area contributed by atoms with Gasteiger partial charge < -0.3 is 11.2 Å². The molecule has 0 saturated heterocycles. The molecular formula is C13H17N3. The Bertz CT molecular complexity index is 466. The number of nitrogens with two attached hydrogens (primary N) is 1. The molecule has 0 amide bonds. The summed E-state index contributed by atoms with van der Waals surface area (Å²) in [5.74, 6) is 0. The normalized spacial score (nSPS) is 10.4. The largest absolute Gasteiger partial charge is 0.398 e. The first-order valence-corrected chi connectivity index (χ1v) is 5.40. The third-order valence-electron chi connectivity index (χ3n) is 2.75. The Balaban J connectivity index is 2.11. The molecular weight excluding hydrogens is 198 g/mol. The van der Waals surface area contributed by atoms with Gasteiger partial charge in [-0.05, 0) is 37.6 Å². The molecule has 1 heterocycles. The summed E-state index contributed by atoms with van der Waals surface area (Å²) in [4.78, 5) is 0. The number of aromatic nitrogens is 1. The van der Waals surface area contributed by atoms with E-state index in [2.05, 4.69) is 36.1 Å². The first kappa shape index (κ1) is 10.6. The highest BCUT2D eigenvalue weighted by Crippen LogP contribution is 2.11. The zero-order valence-electron chi connectivity index (χ0n) is 9.70. The van der Waals surface area contributed by atoms with Crippen molar-refractivity contribution >= 4 is 5.69 Å². The van der Waals surface area contributed by atoms with Gasteiger partial charge in [0.1, 0.15) is 0 Å². The molecule has 1 aromatic heterocycles. The van der Waals surface area contributed by atoms with Crippen molar-refractivity contribution in [1.29, 1.82) is 0 Å². The van der Waals surface area contributed by atoms with Gasteiger partial charge in [-0.3, -0.25) is 4.68 Å². The number of hydrogen-bond donors (Lipinski definition) is 2. The minimum atomic E-state index is 0.739. The number of nitrogens with one attached hydrogen (secondary N) is 1. The van der Waals surface area contributed by atoms with Crippen LogP contribution >= 0.6 is 0 Å². The third-order valence-corrected chi connectivity index (χ3v) is 2.75. The first-order chi connectivity index (χ1) is 7.68. The van der Waals surface area contributed by atoms with Crippen molar-refractivity contribution in [3.63, 3.8) is 0 Å². The highest BCUT2D eigenvalue weighted by atomic mass is 15.4. The average Bonchev–Trinajstić information content (AvgIpc) is 2.58. The van der Waals surface area contributed by atoms with Crippen LogP contribution in [0.3, 0.4) is 0 Å². The van der Waals surface area contributed by atoms with Gasteiger partial charge in [-0.2, -0.15) is 0 Å². The highest BCUT2D eigenvalue weighted by Gasteiger charge is 2.01. The van der Waals surface area contributed by atoms with E-state index in [1.165, 1.54) is 11.4 Å². The van der Waals surface area contributed by atoms with Crippen molar-refractivity contribution < 1.29 is 0 Å². The van der Waals surface area contributed by atoms with Crippen LogP contribution in [0.15, 0.2) is 36.4 Å². The molecule has 0 radical (unpaired) electrons. The van der Waals surface area contributed by atoms with Gasteiger partial charge in [0.25, 0.3) is 0 Å². The second kappa shape index (κ2) is 4.31. The average molecular weight is 215 g/mol. The molecule has 3 N–H and O–H groups in total. The first-order valence-electron chi connectivity index (χ1n) is 5.40. The van der Waals surface area contributed by atoms with Crippen molar-refractivity contribution in [3.8, 4) is 0 Å². The number of rotatable bonds is 3. The zero-order valence-corrected chi connectivity index (χ0v) is 9.70. The summed E-state index contributed by atoms with van der Waals surface area (Å²) in [5.41, 5.74) is 13.6. The number of anilines is 1. The third kappa shape index (κ3) is 2.03. The van der Waals surface area contributed by atoms with Gasteiger partial charge in [0.05, 0.1) is 6.54 Å². The minimum Gasteiger partial charge on any atom is -0.398 e. The van der Waals surface area contributed by atoms with E-state index in [-0.39, 0.29) is 0 Å². The van der Waals surface area contributed by atoms with Crippen LogP contribution in [0.5, 0.6) is 0 Å². The standard InChI is InChI=1S/C13H17N3/c1-10-7-8-11(2)16(10)15-9-12-5-3-4-6-13(12)14/h3-8,15H,9,14H2,1-2H3. The maximum atomic E-state index is 5.89. The predicted molar refractivity (Wildman–Crippen MR) is 67.8 cm³/mol. The van der Waals surface area contributed by atoms with E-state index in [0.29, 0.717) is 0 Å². The smallest absolute Gasteiger partial charge is 0.0584 e. The number of para-hydroxylation sites is 1. The number of hydrogen-bond acceptors (Lipinski definition) is 2. The van der Waals surface area contributed by atoms with Gasteiger partial charge in [0.2, 0.25) is 0 Å². The monoisotopic (exact) mass is 215 g/mol. The Kier molecular flexibility index (Phi) is 2.86. The quantitative estimate of drug-likeness (QED) is 0.772. The lowest BCUT2D eigenvalue weighted by atomic mass is 10.2. The van der Waals surface area contributed by atoms with Crippen LogP contribution in [0.25, 0.3) is 0 Å². The molecule has 2 aromatic rings. The summed E-state index contributed by atoms with van der Waals surface area (Å²) < 4.78 is 2.08. The maximum Gasteiger partial charge on any atom is 0.0584 e. The summed E-state index contributed by atoms with van der Waals surface area (Å²) in [6.07, 6.45) is 0. The van der Waals surface area contributed by atoms with Crippen LogP contribution < -0.4 is 11.2 Å². The molecule has 0 aliphatic carbocycles. The minimum absolute atomic E-state index is 0.739. The van der Waals surface area contributed by atoms with E-state index in [9.17, 15) is 0 Å². The number of nitrogens with zero attached hydrogens (tertiary/aromatic N) is 1. The molecule has 0 bridgehead atoms. The number of nitrogen functional groups attached to an aromatic ring is 1. The Hall–Kier alpha value is -1.90. The fourth-order valence-corrected chi connectivity index (χ4v) is 1.78. The Morgan fingerprint density at radius 1 is 1.06 bits per heavy atom. The van der Waals surface area contributed by atoms with Crippen LogP contribution in [0, 0.1) is 13.8 Å². The summed E-state index contributed by atoms with van der Waals surface area (Å²) >= 11 is 0. The zero-order chi connectivity index (χ0) is 11.5. The molecule has 0 aliphatic rings. The SMILES string of the molecule is Cc1ccc(C)n1NCc1ccccc1N. The molecule has 16 heavy (non-hydrogen) atoms. The molecule has 3 heteroatoms. The van der Waals surface area contributed by atoms with Crippen LogP contribution in [-0.2, 0) is 6.54 Å². The van der Waals surface area contributed by atoms with Crippen molar-refractivity contribution in [2.24, 2.45) is 0 Å². The van der Waals surface area contributed by atoms with Gasteiger partial charge in [0, 0.05) is 17.1 Å². The summed E-state index contributed by atoms with van der Waals surface area (Å²) in [7, 11) is 0. The fraction of sp³-hybridized carbons (Fsp3) is 0.231. The van der Waals surface area contributed by atoms with Crippen molar-refractivity contribution in [3.05, 3.63) is 53.3 Å². The second-order valence-electron chi connectivity index (χ2n) is 3.99. The molecule has 0 fully saturated rings. The van der Waals surface area contributed by atoms with E-state index in [1.807, 2.05) is 24.3 Å². The van der Waals surface area contributed by atoms with Gasteiger partial charge in [-0.25, -0.2) is 0 Å². The lowest BCUT2D eigenvalue weighted by molar-refractivity contribution is 0.793. The van der Waals surface area contributed by atoms with Crippen LogP contribution in [0.1, 0.15) is 17.0 Å². The van der Waals surface area contributed by atoms with E-state index in [0.717, 1.165) is 17.8 Å². The lowest BCUT2D eigenvalue weighted by Gasteiger charge is -2.13. The number of benzene rings is 1. The Morgan fingerprint density at radius 2 is 1.69 bits per heavy atom. The maximum absolute atomic E-state index is 5.89. The summed E-state index contributed by atoms with van der Waals surface area (Å²) in [5, 5.41) is 0. The molecule has 0 unspecified atom stereocenters. The topological polar surface area (TPSA) is 43.0 Å². The van der Waals surface area contributed by atoms with Crippen LogP contribution in [-0.4, -0.2) is 4.68 Å². The van der Waals surface area contributed by atoms with E-state index < -0.39 is 0 Å². The molecule has 2 rings (SSSR count). The molecule has 0 atom stereocenters. The van der Waals surface area contributed by atoms with Crippen molar-refractivity contribution in [2.45, 2.75) is 20.4 Å². The molecule has 0 aliphatic heterocycles. The molecule has 0 spiro atoms. The van der Waals surface area contributed by atoms with Gasteiger partial charge >= 0.3 is 0 Å². The van der Waals surface area contributed by atoms with Crippen molar-refractivity contribution in [1.82, 2.24) is 4.68 Å². The lowest BCUT2D eigenvalue weighted by Crippen LogP contribution is -2.17. The molecule has 1 aromatic carbocycles. The van der Waals surface area contributed by atoms with E-state index in [4.69, 9.17) is 5.73 Å². The van der Waals surface area contributed by atoms with E-state index in [1.54, 1.807) is 0 Å². The highest BCUT2D eigenvalue weighted by molar-refractivity contribution is 5.46. The van der Waals surface area contributed by atoms with Gasteiger partial charge in [-0.1, -0.05) is 18.2 Å². The molecule has 3 nitrogen and oxygen atoms in total. The predicted octanol–water partition coefficient (Wildman–Crippen LogP) is 2.43. The Labute approximate surface area is 95.9 Å². The van der Waals surface area contributed by atoms with Gasteiger partial charge in [-0.15, -0.1) is 0 Å².